The molecule has 1 aliphatic rings. The summed E-state index contributed by atoms with van der Waals surface area (Å²) in [5, 5.41) is 2.59. The highest BCUT2D eigenvalue weighted by atomic mass is 32.1. The summed E-state index contributed by atoms with van der Waals surface area (Å²) in [6.45, 7) is 1.88. The maximum Gasteiger partial charge on any atom is 0.353 e. The maximum atomic E-state index is 12.3. The number of hydrogen-bond donors (Lipinski definition) is 0. The van der Waals surface area contributed by atoms with Gasteiger partial charge in [-0.05, 0) is 60.9 Å². The Kier molecular flexibility index (Phi) is 3.31. The molecule has 116 valence electrons. The summed E-state index contributed by atoms with van der Waals surface area (Å²) in [6, 6.07) is 7.19. The number of fused-ring (bicyclic) bond motifs is 3. The zero-order chi connectivity index (χ0) is 16.0. The molecule has 0 spiro atoms. The molecule has 5 heteroatoms. The van der Waals surface area contributed by atoms with Gasteiger partial charge in [-0.3, -0.25) is 0 Å². The molecule has 0 atom stereocenters. The minimum Gasteiger partial charge on any atom is -0.422 e. The van der Waals surface area contributed by atoms with E-state index in [9.17, 15) is 9.59 Å². The van der Waals surface area contributed by atoms with E-state index in [2.05, 4.69) is 0 Å². The minimum absolute atomic E-state index is 0.272. The Morgan fingerprint density at radius 2 is 2.09 bits per heavy atom. The van der Waals surface area contributed by atoms with Crippen molar-refractivity contribution in [1.29, 1.82) is 0 Å². The normalized spacial score (nSPS) is 13.3. The molecular weight excluding hydrogens is 312 g/mol. The largest absolute Gasteiger partial charge is 0.422 e. The number of thiophene rings is 1. The maximum absolute atomic E-state index is 12.3. The zero-order valence-electron chi connectivity index (χ0n) is 12.5. The fourth-order valence-electron chi connectivity index (χ4n) is 3.13. The fraction of sp³-hybridized carbons (Fsp3) is 0.222. The van der Waals surface area contributed by atoms with Gasteiger partial charge in [-0.25, -0.2) is 9.59 Å². The van der Waals surface area contributed by atoms with Crippen LogP contribution in [0.1, 0.15) is 32.8 Å². The van der Waals surface area contributed by atoms with E-state index in [4.69, 9.17) is 9.15 Å². The van der Waals surface area contributed by atoms with E-state index in [-0.39, 0.29) is 11.6 Å². The Balaban J connectivity index is 1.90. The van der Waals surface area contributed by atoms with Crippen LogP contribution >= 0.6 is 11.3 Å². The van der Waals surface area contributed by atoms with Crippen molar-refractivity contribution in [1.82, 2.24) is 0 Å². The molecule has 1 aromatic carbocycles. The van der Waals surface area contributed by atoms with Crippen molar-refractivity contribution in [3.8, 4) is 5.75 Å². The second kappa shape index (κ2) is 5.35. The highest BCUT2D eigenvalue weighted by Crippen LogP contribution is 2.35. The molecule has 0 saturated carbocycles. The summed E-state index contributed by atoms with van der Waals surface area (Å²) < 4.78 is 11.1. The van der Waals surface area contributed by atoms with Crippen molar-refractivity contribution in [2.24, 2.45) is 0 Å². The average molecular weight is 326 g/mol. The number of carbonyl (C=O) groups excluding carboxylic acids is 1. The van der Waals surface area contributed by atoms with Crippen molar-refractivity contribution < 1.29 is 13.9 Å². The molecule has 0 fully saturated rings. The van der Waals surface area contributed by atoms with Crippen LogP contribution in [0.2, 0.25) is 0 Å². The van der Waals surface area contributed by atoms with Gasteiger partial charge in [0, 0.05) is 5.56 Å². The Labute approximate surface area is 136 Å². The fourth-order valence-corrected chi connectivity index (χ4v) is 3.73. The first-order valence-electron chi connectivity index (χ1n) is 7.48. The van der Waals surface area contributed by atoms with Crippen LogP contribution in [0.15, 0.2) is 38.9 Å². The molecule has 2 aromatic heterocycles. The van der Waals surface area contributed by atoms with Crippen molar-refractivity contribution in [2.75, 3.05) is 0 Å². The van der Waals surface area contributed by atoms with E-state index >= 15 is 0 Å². The van der Waals surface area contributed by atoms with E-state index in [1.165, 1.54) is 11.3 Å². The van der Waals surface area contributed by atoms with Crippen LogP contribution in [0, 0.1) is 6.92 Å². The first kappa shape index (κ1) is 14.2. The molecule has 4 nitrogen and oxygen atoms in total. The molecule has 23 heavy (non-hydrogen) atoms. The first-order valence-corrected chi connectivity index (χ1v) is 8.36. The van der Waals surface area contributed by atoms with Crippen LogP contribution in [-0.4, -0.2) is 5.97 Å². The summed E-state index contributed by atoms with van der Waals surface area (Å²) in [4.78, 5) is 24.9. The van der Waals surface area contributed by atoms with Crippen LogP contribution in [0.5, 0.6) is 5.75 Å². The van der Waals surface area contributed by atoms with Gasteiger partial charge >= 0.3 is 11.6 Å². The Morgan fingerprint density at radius 3 is 2.87 bits per heavy atom. The van der Waals surface area contributed by atoms with Crippen molar-refractivity contribution >= 4 is 28.3 Å². The van der Waals surface area contributed by atoms with Gasteiger partial charge in [-0.1, -0.05) is 6.07 Å². The number of benzene rings is 1. The predicted molar refractivity (Wildman–Crippen MR) is 88.5 cm³/mol. The first-order chi connectivity index (χ1) is 11.1. The molecule has 0 aliphatic heterocycles. The Hall–Kier alpha value is -2.40. The molecule has 0 amide bonds. The molecule has 0 bridgehead atoms. The molecule has 0 N–H and O–H groups in total. The summed E-state index contributed by atoms with van der Waals surface area (Å²) in [5.74, 6) is 0.0881. The lowest BCUT2D eigenvalue weighted by molar-refractivity contribution is 0.0742. The average Bonchev–Trinajstić information content (AvgIpc) is 3.18. The Bertz CT molecular complexity index is 967. The molecule has 0 unspecified atom stereocenters. The molecule has 3 aromatic rings. The third-order valence-corrected chi connectivity index (χ3v) is 4.95. The van der Waals surface area contributed by atoms with Crippen molar-refractivity contribution in [3.63, 3.8) is 0 Å². The van der Waals surface area contributed by atoms with Gasteiger partial charge in [-0.15, -0.1) is 11.3 Å². The van der Waals surface area contributed by atoms with E-state index in [1.807, 2.05) is 30.5 Å². The third kappa shape index (κ3) is 2.37. The van der Waals surface area contributed by atoms with E-state index < -0.39 is 0 Å². The van der Waals surface area contributed by atoms with E-state index in [1.54, 1.807) is 6.07 Å². The molecule has 2 heterocycles. The standard InChI is InChI=1S/C18H14O4S/c1-10-8-13-16(11-4-2-5-12(11)17(19)21-13)14(9-10)22-18(20)15-6-3-7-23-15/h3,6-9H,2,4-5H2,1H3. The highest BCUT2D eigenvalue weighted by Gasteiger charge is 2.23. The number of aryl methyl sites for hydroxylation is 2. The molecule has 4 rings (SSSR count). The van der Waals surface area contributed by atoms with Crippen LogP contribution in [0.3, 0.4) is 0 Å². The van der Waals surface area contributed by atoms with Gasteiger partial charge in [-0.2, -0.15) is 0 Å². The summed E-state index contributed by atoms with van der Waals surface area (Å²) in [7, 11) is 0. The van der Waals surface area contributed by atoms with E-state index in [0.717, 1.165) is 41.3 Å². The second-order valence-corrected chi connectivity index (χ2v) is 6.65. The highest BCUT2D eigenvalue weighted by molar-refractivity contribution is 7.12. The SMILES string of the molecule is Cc1cc(OC(=O)c2cccs2)c2c3c(c(=O)oc2c1)CCC3. The van der Waals surface area contributed by atoms with Gasteiger partial charge in [0.2, 0.25) is 0 Å². The van der Waals surface area contributed by atoms with Crippen molar-refractivity contribution in [2.45, 2.75) is 26.2 Å². The number of hydrogen-bond acceptors (Lipinski definition) is 5. The summed E-state index contributed by atoms with van der Waals surface area (Å²) in [5.41, 5.74) is 2.78. The summed E-state index contributed by atoms with van der Waals surface area (Å²) in [6.07, 6.45) is 2.45. The molecule has 0 radical (unpaired) electrons. The van der Waals surface area contributed by atoms with Gasteiger partial charge in [0.05, 0.1) is 5.39 Å². The number of rotatable bonds is 2. The number of esters is 1. The van der Waals surface area contributed by atoms with Crippen LogP contribution in [-0.2, 0) is 12.8 Å². The molecule has 1 aliphatic carbocycles. The van der Waals surface area contributed by atoms with Crippen molar-refractivity contribution in [3.05, 3.63) is 61.6 Å². The van der Waals surface area contributed by atoms with Crippen LogP contribution in [0.4, 0.5) is 0 Å². The lowest BCUT2D eigenvalue weighted by Gasteiger charge is -2.11. The quantitative estimate of drug-likeness (QED) is 0.407. The zero-order valence-corrected chi connectivity index (χ0v) is 13.4. The van der Waals surface area contributed by atoms with E-state index in [0.29, 0.717) is 16.2 Å². The minimum atomic E-state index is -0.384. The predicted octanol–water partition coefficient (Wildman–Crippen LogP) is 3.87. The molecular formula is C18H14O4S. The lowest BCUT2D eigenvalue weighted by atomic mass is 10.0. The number of ether oxygens (including phenoxy) is 1. The van der Waals surface area contributed by atoms with Crippen LogP contribution < -0.4 is 10.4 Å². The lowest BCUT2D eigenvalue weighted by Crippen LogP contribution is -2.10. The second-order valence-electron chi connectivity index (χ2n) is 5.70. The van der Waals surface area contributed by atoms with Gasteiger partial charge in [0.15, 0.2) is 0 Å². The third-order valence-electron chi connectivity index (χ3n) is 4.10. The molecule has 0 saturated heterocycles. The van der Waals surface area contributed by atoms with Gasteiger partial charge in [0.1, 0.15) is 16.2 Å². The monoisotopic (exact) mass is 326 g/mol. The Morgan fingerprint density at radius 1 is 1.26 bits per heavy atom. The van der Waals surface area contributed by atoms with Crippen LogP contribution in [0.25, 0.3) is 11.0 Å². The van der Waals surface area contributed by atoms with Gasteiger partial charge in [0.25, 0.3) is 0 Å². The summed E-state index contributed by atoms with van der Waals surface area (Å²) >= 11 is 1.34. The smallest absolute Gasteiger partial charge is 0.353 e. The topological polar surface area (TPSA) is 56.5 Å². The van der Waals surface area contributed by atoms with Gasteiger partial charge < -0.3 is 9.15 Å². The number of carbonyl (C=O) groups is 1.